The summed E-state index contributed by atoms with van der Waals surface area (Å²) in [5, 5.41) is 4.79. The molecule has 0 unspecified atom stereocenters. The predicted octanol–water partition coefficient (Wildman–Crippen LogP) is 1.50. The molecular formula is C19H24ClN5O3. The van der Waals surface area contributed by atoms with Crippen LogP contribution in [0.5, 0.6) is 5.88 Å². The first-order valence-corrected chi connectivity index (χ1v) is 9.38. The van der Waals surface area contributed by atoms with E-state index in [1.54, 1.807) is 25.2 Å². The number of methoxy groups -OCH3 is 1. The molecule has 0 radical (unpaired) electrons. The first-order chi connectivity index (χ1) is 13.4. The largest absolute Gasteiger partial charge is 0.479 e. The minimum absolute atomic E-state index is 0.0117. The first kappa shape index (κ1) is 20.0. The van der Waals surface area contributed by atoms with Crippen molar-refractivity contribution in [2.24, 2.45) is 7.05 Å². The Morgan fingerprint density at radius 1 is 1.18 bits per heavy atom. The second-order valence-electron chi connectivity index (χ2n) is 6.73. The molecule has 0 bridgehead atoms. The quantitative estimate of drug-likeness (QED) is 0.754. The summed E-state index contributed by atoms with van der Waals surface area (Å²) in [5.41, 5.74) is 1.43. The van der Waals surface area contributed by atoms with Crippen molar-refractivity contribution in [2.75, 3.05) is 51.8 Å². The zero-order chi connectivity index (χ0) is 20.3. The van der Waals surface area contributed by atoms with Crippen LogP contribution >= 0.6 is 11.6 Å². The highest BCUT2D eigenvalue weighted by Gasteiger charge is 2.26. The van der Waals surface area contributed by atoms with Crippen LogP contribution in [0.1, 0.15) is 10.4 Å². The number of piperazine rings is 1. The lowest BCUT2D eigenvalue weighted by Gasteiger charge is -2.36. The van der Waals surface area contributed by atoms with Gasteiger partial charge in [-0.25, -0.2) is 0 Å². The number of rotatable bonds is 5. The van der Waals surface area contributed by atoms with Crippen LogP contribution in [-0.4, -0.2) is 78.3 Å². The zero-order valence-electron chi connectivity index (χ0n) is 16.3. The van der Waals surface area contributed by atoms with E-state index in [0.717, 1.165) is 18.8 Å². The van der Waals surface area contributed by atoms with E-state index < -0.39 is 0 Å². The number of hydrogen-bond acceptors (Lipinski definition) is 5. The first-order valence-electron chi connectivity index (χ1n) is 9.00. The Morgan fingerprint density at radius 2 is 1.82 bits per heavy atom. The number of ether oxygens (including phenoxy) is 1. The number of amides is 2. The molecule has 150 valence electrons. The van der Waals surface area contributed by atoms with Gasteiger partial charge in [-0.1, -0.05) is 11.6 Å². The Morgan fingerprint density at radius 3 is 2.43 bits per heavy atom. The number of anilines is 1. The van der Waals surface area contributed by atoms with Crippen LogP contribution < -0.4 is 9.64 Å². The zero-order valence-corrected chi connectivity index (χ0v) is 17.0. The Bertz CT molecular complexity index is 844. The SMILES string of the molecule is COc1nn(C)cc1C(=O)N(C)CC(=O)N1CCN(c2ccc(Cl)cc2)CC1. The molecule has 2 heterocycles. The molecule has 9 heteroatoms. The van der Waals surface area contributed by atoms with Gasteiger partial charge in [0.05, 0.1) is 13.7 Å². The van der Waals surface area contributed by atoms with Crippen molar-refractivity contribution in [3.8, 4) is 5.88 Å². The maximum absolute atomic E-state index is 12.6. The summed E-state index contributed by atoms with van der Waals surface area (Å²) < 4.78 is 6.64. The molecule has 0 N–H and O–H groups in total. The fraction of sp³-hybridized carbons (Fsp3) is 0.421. The normalized spacial score (nSPS) is 14.1. The molecular weight excluding hydrogens is 382 g/mol. The lowest BCUT2D eigenvalue weighted by atomic mass is 10.2. The number of carbonyl (C=O) groups excluding carboxylic acids is 2. The molecule has 1 saturated heterocycles. The minimum atomic E-state index is -0.293. The number of aryl methyl sites for hydroxylation is 1. The van der Waals surface area contributed by atoms with Gasteiger partial charge >= 0.3 is 0 Å². The van der Waals surface area contributed by atoms with Crippen LogP contribution in [0.15, 0.2) is 30.5 Å². The molecule has 1 aromatic heterocycles. The number of likely N-dealkylation sites (N-methyl/N-ethyl adjacent to an activating group) is 1. The Kier molecular flexibility index (Phi) is 6.08. The summed E-state index contributed by atoms with van der Waals surface area (Å²) in [6.07, 6.45) is 1.59. The topological polar surface area (TPSA) is 70.9 Å². The number of hydrogen-bond donors (Lipinski definition) is 0. The monoisotopic (exact) mass is 405 g/mol. The lowest BCUT2D eigenvalue weighted by molar-refractivity contribution is -0.131. The summed E-state index contributed by atoms with van der Waals surface area (Å²) in [5.74, 6) is -0.115. The van der Waals surface area contributed by atoms with Crippen molar-refractivity contribution in [3.63, 3.8) is 0 Å². The van der Waals surface area contributed by atoms with Gasteiger partial charge in [-0.05, 0) is 24.3 Å². The maximum atomic E-state index is 12.6. The van der Waals surface area contributed by atoms with Gasteiger partial charge in [-0.15, -0.1) is 5.10 Å². The highest BCUT2D eigenvalue weighted by Crippen LogP contribution is 2.20. The third-order valence-corrected chi connectivity index (χ3v) is 5.01. The van der Waals surface area contributed by atoms with Gasteiger partial charge in [0.25, 0.3) is 5.91 Å². The number of benzene rings is 1. The van der Waals surface area contributed by atoms with Gasteiger partial charge in [-0.2, -0.15) is 0 Å². The van der Waals surface area contributed by atoms with Crippen LogP contribution in [0.2, 0.25) is 5.02 Å². The van der Waals surface area contributed by atoms with E-state index in [1.807, 2.05) is 24.3 Å². The fourth-order valence-corrected chi connectivity index (χ4v) is 3.34. The summed E-state index contributed by atoms with van der Waals surface area (Å²) in [6, 6.07) is 7.69. The van der Waals surface area contributed by atoms with Crippen molar-refractivity contribution in [1.82, 2.24) is 19.6 Å². The molecule has 1 aromatic carbocycles. The van der Waals surface area contributed by atoms with Crippen LogP contribution in [0, 0.1) is 0 Å². The highest BCUT2D eigenvalue weighted by molar-refractivity contribution is 6.30. The van der Waals surface area contributed by atoms with Crippen LogP contribution in [0.3, 0.4) is 0 Å². The molecule has 28 heavy (non-hydrogen) atoms. The van der Waals surface area contributed by atoms with Crippen LogP contribution in [0.25, 0.3) is 0 Å². The average Bonchev–Trinajstić information content (AvgIpc) is 3.08. The summed E-state index contributed by atoms with van der Waals surface area (Å²) in [6.45, 7) is 2.71. The summed E-state index contributed by atoms with van der Waals surface area (Å²) in [7, 11) is 4.78. The van der Waals surface area contributed by atoms with Crippen molar-refractivity contribution >= 4 is 29.1 Å². The molecule has 3 rings (SSSR count). The van der Waals surface area contributed by atoms with Gasteiger partial charge in [-0.3, -0.25) is 14.3 Å². The van der Waals surface area contributed by atoms with E-state index in [-0.39, 0.29) is 24.2 Å². The smallest absolute Gasteiger partial charge is 0.261 e. The molecule has 0 aliphatic carbocycles. The van der Waals surface area contributed by atoms with Crippen molar-refractivity contribution in [1.29, 1.82) is 0 Å². The third kappa shape index (κ3) is 4.39. The van der Waals surface area contributed by atoms with E-state index in [2.05, 4.69) is 10.00 Å². The number of halogens is 1. The van der Waals surface area contributed by atoms with Gasteiger partial charge in [0, 0.05) is 57.2 Å². The molecule has 0 atom stereocenters. The molecule has 0 spiro atoms. The molecule has 2 amide bonds. The Labute approximate surface area is 169 Å². The van der Waals surface area contributed by atoms with E-state index in [1.165, 1.54) is 16.7 Å². The van der Waals surface area contributed by atoms with Gasteiger partial charge in [0.2, 0.25) is 11.8 Å². The average molecular weight is 406 g/mol. The predicted molar refractivity (Wildman–Crippen MR) is 107 cm³/mol. The number of nitrogens with zero attached hydrogens (tertiary/aromatic N) is 5. The molecule has 1 aliphatic heterocycles. The molecule has 1 aliphatic rings. The van der Waals surface area contributed by atoms with Crippen LogP contribution in [0.4, 0.5) is 5.69 Å². The second kappa shape index (κ2) is 8.52. The van der Waals surface area contributed by atoms with Crippen LogP contribution in [-0.2, 0) is 11.8 Å². The van der Waals surface area contributed by atoms with E-state index in [4.69, 9.17) is 16.3 Å². The highest BCUT2D eigenvalue weighted by atomic mass is 35.5. The third-order valence-electron chi connectivity index (χ3n) is 4.76. The maximum Gasteiger partial charge on any atom is 0.261 e. The minimum Gasteiger partial charge on any atom is -0.479 e. The van der Waals surface area contributed by atoms with E-state index >= 15 is 0 Å². The second-order valence-corrected chi connectivity index (χ2v) is 7.17. The summed E-state index contributed by atoms with van der Waals surface area (Å²) in [4.78, 5) is 30.7. The van der Waals surface area contributed by atoms with Crippen molar-refractivity contribution in [2.45, 2.75) is 0 Å². The van der Waals surface area contributed by atoms with E-state index in [0.29, 0.717) is 23.7 Å². The number of aromatic nitrogens is 2. The molecule has 1 fully saturated rings. The Balaban J connectivity index is 1.55. The lowest BCUT2D eigenvalue weighted by Crippen LogP contribution is -2.51. The Hall–Kier alpha value is -2.74. The van der Waals surface area contributed by atoms with E-state index in [9.17, 15) is 9.59 Å². The fourth-order valence-electron chi connectivity index (χ4n) is 3.21. The van der Waals surface area contributed by atoms with Crippen molar-refractivity contribution in [3.05, 3.63) is 41.0 Å². The summed E-state index contributed by atoms with van der Waals surface area (Å²) >= 11 is 5.94. The standard InChI is InChI=1S/C19H24ClN5O3/c1-22(19(27)16-12-23(2)21-18(16)28-3)13-17(26)25-10-8-24(9-11-25)15-6-4-14(20)5-7-15/h4-7,12H,8-11,13H2,1-3H3. The van der Waals surface area contributed by atoms with Crippen molar-refractivity contribution < 1.29 is 14.3 Å². The number of carbonyl (C=O) groups is 2. The molecule has 8 nitrogen and oxygen atoms in total. The van der Waals surface area contributed by atoms with Gasteiger partial charge < -0.3 is 19.4 Å². The molecule has 2 aromatic rings. The molecule has 0 saturated carbocycles. The van der Waals surface area contributed by atoms with Gasteiger partial charge in [0.15, 0.2) is 0 Å². The van der Waals surface area contributed by atoms with Gasteiger partial charge in [0.1, 0.15) is 5.56 Å².